The SMILES string of the molecule is O=C(COc1ccc(C2=N/C(=N\c3c(-c4ccccc4)cc(-c4ccc(OCCCS(=O)(=O)O)cc4)n3B(F)F)C(c3ccccc3)=C2)cc1)ON1C(=O)CCC1=O. The Labute approximate surface area is 331 Å². The highest BCUT2D eigenvalue weighted by Crippen LogP contribution is 2.41. The number of aromatic nitrogens is 1. The third kappa shape index (κ3) is 9.28. The van der Waals surface area contributed by atoms with E-state index in [0.29, 0.717) is 50.1 Å². The molecule has 0 spiro atoms. The summed E-state index contributed by atoms with van der Waals surface area (Å²) in [6, 6.07) is 32.9. The maximum Gasteiger partial charge on any atom is 0.679 e. The molecule has 13 nitrogen and oxygen atoms in total. The van der Waals surface area contributed by atoms with Gasteiger partial charge in [-0.15, -0.1) is 5.06 Å². The van der Waals surface area contributed by atoms with E-state index in [1.165, 1.54) is 0 Å². The second-order valence-corrected chi connectivity index (χ2v) is 14.6. The van der Waals surface area contributed by atoms with Crippen LogP contribution in [0, 0.1) is 0 Å². The van der Waals surface area contributed by atoms with Gasteiger partial charge in [-0.05, 0) is 83.8 Å². The van der Waals surface area contributed by atoms with E-state index in [4.69, 9.17) is 28.8 Å². The highest BCUT2D eigenvalue weighted by Gasteiger charge is 2.33. The summed E-state index contributed by atoms with van der Waals surface area (Å²) in [5.41, 5.74) is 4.15. The lowest BCUT2D eigenvalue weighted by Gasteiger charge is -2.13. The van der Waals surface area contributed by atoms with Gasteiger partial charge in [0.2, 0.25) is 0 Å². The third-order valence-electron chi connectivity index (χ3n) is 9.01. The number of hydrogen-bond donors (Lipinski definition) is 1. The molecule has 0 atom stereocenters. The summed E-state index contributed by atoms with van der Waals surface area (Å²) in [5, 5.41) is 0.446. The van der Waals surface area contributed by atoms with Gasteiger partial charge in [0.1, 0.15) is 17.3 Å². The molecule has 0 saturated carbocycles. The van der Waals surface area contributed by atoms with Crippen molar-refractivity contribution in [2.45, 2.75) is 19.3 Å². The Hall–Kier alpha value is -6.72. The van der Waals surface area contributed by atoms with E-state index in [1.807, 2.05) is 36.4 Å². The Bertz CT molecular complexity index is 2530. The van der Waals surface area contributed by atoms with Crippen molar-refractivity contribution in [2.24, 2.45) is 9.98 Å². The predicted molar refractivity (Wildman–Crippen MR) is 212 cm³/mol. The second-order valence-electron chi connectivity index (χ2n) is 13.0. The third-order valence-corrected chi connectivity index (χ3v) is 9.81. The number of imide groups is 1. The first-order valence-corrected chi connectivity index (χ1v) is 19.6. The number of ether oxygens (including phenoxy) is 2. The highest BCUT2D eigenvalue weighted by molar-refractivity contribution is 7.85. The lowest BCUT2D eigenvalue weighted by molar-refractivity contribution is -0.198. The van der Waals surface area contributed by atoms with Crippen molar-refractivity contribution in [1.82, 2.24) is 9.54 Å². The van der Waals surface area contributed by atoms with Gasteiger partial charge in [-0.25, -0.2) is 14.8 Å². The van der Waals surface area contributed by atoms with Gasteiger partial charge in [-0.2, -0.15) is 8.42 Å². The molecule has 2 amide bonds. The molecule has 1 saturated heterocycles. The molecule has 0 bridgehead atoms. The van der Waals surface area contributed by atoms with E-state index in [-0.39, 0.29) is 43.2 Å². The topological polar surface area (TPSA) is 166 Å². The molecule has 2 aliphatic rings. The summed E-state index contributed by atoms with van der Waals surface area (Å²) in [4.78, 5) is 50.3. The number of hydroxylamine groups is 2. The molecule has 58 heavy (non-hydrogen) atoms. The van der Waals surface area contributed by atoms with E-state index in [1.54, 1.807) is 84.9 Å². The van der Waals surface area contributed by atoms with Gasteiger partial charge in [0, 0.05) is 35.2 Å². The average molecular weight is 807 g/mol. The first-order chi connectivity index (χ1) is 27.9. The molecule has 5 aromatic rings. The Kier molecular flexibility index (Phi) is 11.7. The van der Waals surface area contributed by atoms with Crippen LogP contribution < -0.4 is 9.47 Å². The first kappa shape index (κ1) is 39.5. The molecule has 17 heteroatoms. The number of amidine groups is 1. The van der Waals surface area contributed by atoms with Crippen LogP contribution in [0.3, 0.4) is 0 Å². The van der Waals surface area contributed by atoms with Crippen LogP contribution in [0.15, 0.2) is 131 Å². The standard InChI is InChI=1S/C41H33BF2N4O9S/c43-42(44)47-36(30-14-18-31(19-15-30)55-22-7-23-58(52,53)54)25-34(28-10-5-2-6-11-28)41(47)46-40-33(27-8-3-1-4-9-27)24-35(45-40)29-12-16-32(17-13-29)56-26-39(51)57-48-37(49)20-21-38(48)50/h1-6,8-19,24-25H,7,20-23,26H2,(H,52,53,54)/b46-40-. The minimum Gasteiger partial charge on any atom is -0.494 e. The van der Waals surface area contributed by atoms with E-state index in [9.17, 15) is 22.8 Å². The lowest BCUT2D eigenvalue weighted by atomic mass is 10.0. The molecular weight excluding hydrogens is 773 g/mol. The molecule has 1 aromatic heterocycles. The van der Waals surface area contributed by atoms with Crippen LogP contribution in [0.5, 0.6) is 11.5 Å². The lowest BCUT2D eigenvalue weighted by Crippen LogP contribution is -2.33. The molecule has 0 unspecified atom stereocenters. The molecule has 0 aliphatic carbocycles. The largest absolute Gasteiger partial charge is 0.679 e. The zero-order chi connectivity index (χ0) is 40.8. The highest BCUT2D eigenvalue weighted by atomic mass is 32.2. The zero-order valence-corrected chi connectivity index (χ0v) is 31.3. The Balaban J connectivity index is 1.20. The van der Waals surface area contributed by atoms with Crippen molar-refractivity contribution in [3.8, 4) is 33.9 Å². The molecule has 0 radical (unpaired) electrons. The summed E-state index contributed by atoms with van der Waals surface area (Å²) in [6.07, 6.45) is 1.81. The number of carbonyl (C=O) groups is 3. The number of aliphatic imine (C=N–C) groups is 2. The number of amides is 2. The molecule has 7 rings (SSSR count). The van der Waals surface area contributed by atoms with E-state index >= 15 is 8.63 Å². The van der Waals surface area contributed by atoms with Crippen LogP contribution in [-0.4, -0.2) is 78.2 Å². The van der Waals surface area contributed by atoms with E-state index in [2.05, 4.69) is 0 Å². The molecule has 4 aromatic carbocycles. The molecule has 294 valence electrons. The van der Waals surface area contributed by atoms with Gasteiger partial charge in [0.25, 0.3) is 21.9 Å². The first-order valence-electron chi connectivity index (χ1n) is 18.0. The molecule has 1 fully saturated rings. The fourth-order valence-corrected chi connectivity index (χ4v) is 6.74. The monoisotopic (exact) mass is 806 g/mol. The molecule has 3 heterocycles. The second kappa shape index (κ2) is 17.2. The fraction of sp³-hybridized carbons (Fsp3) is 0.146. The average Bonchev–Trinajstić information content (AvgIpc) is 3.92. The van der Waals surface area contributed by atoms with Gasteiger partial charge in [0.05, 0.1) is 18.1 Å². The van der Waals surface area contributed by atoms with Crippen molar-refractivity contribution < 1.29 is 50.3 Å². The van der Waals surface area contributed by atoms with Gasteiger partial charge in [-0.3, -0.25) is 22.8 Å². The summed E-state index contributed by atoms with van der Waals surface area (Å²) >= 11 is 0. The van der Waals surface area contributed by atoms with Crippen molar-refractivity contribution >= 4 is 58.2 Å². The number of nitrogens with zero attached hydrogens (tertiary/aromatic N) is 4. The number of rotatable bonds is 15. The summed E-state index contributed by atoms with van der Waals surface area (Å²) in [6.45, 7) is -0.535. The summed E-state index contributed by atoms with van der Waals surface area (Å²) in [5.74, 6) is -1.73. The normalized spacial score (nSPS) is 14.7. The summed E-state index contributed by atoms with van der Waals surface area (Å²) < 4.78 is 73.5. The van der Waals surface area contributed by atoms with Crippen molar-refractivity contribution in [1.29, 1.82) is 0 Å². The minimum absolute atomic E-state index is 0.0214. The number of allylic oxidation sites excluding steroid dienone is 1. The van der Waals surface area contributed by atoms with Crippen LogP contribution in [-0.2, 0) is 29.3 Å². The zero-order valence-electron chi connectivity index (χ0n) is 30.5. The fourth-order valence-electron chi connectivity index (χ4n) is 6.25. The Morgan fingerprint density at radius 1 is 0.793 bits per heavy atom. The number of carbonyl (C=O) groups excluding carboxylic acids is 3. The maximum absolute atomic E-state index is 15.3. The number of halogens is 2. The van der Waals surface area contributed by atoms with Crippen molar-refractivity contribution in [3.63, 3.8) is 0 Å². The molecule has 2 aliphatic heterocycles. The van der Waals surface area contributed by atoms with Crippen molar-refractivity contribution in [2.75, 3.05) is 19.0 Å². The predicted octanol–water partition coefficient (Wildman–Crippen LogP) is 6.85. The number of hydrogen-bond acceptors (Lipinski definition) is 9. The Morgan fingerprint density at radius 2 is 1.38 bits per heavy atom. The smallest absolute Gasteiger partial charge is 0.494 e. The molecular formula is C41H33BF2N4O9S. The van der Waals surface area contributed by atoms with Gasteiger partial charge in [-0.1, -0.05) is 60.7 Å². The summed E-state index contributed by atoms with van der Waals surface area (Å²) in [7, 11) is -7.14. The van der Waals surface area contributed by atoms with E-state index < -0.39 is 47.7 Å². The maximum atomic E-state index is 15.3. The molecule has 1 N–H and O–H groups in total. The van der Waals surface area contributed by atoms with Crippen LogP contribution >= 0.6 is 0 Å². The minimum atomic E-state index is -4.13. The number of benzene rings is 4. The quantitative estimate of drug-likeness (QED) is 0.0515. The van der Waals surface area contributed by atoms with Crippen LogP contribution in [0.2, 0.25) is 0 Å². The van der Waals surface area contributed by atoms with Crippen LogP contribution in [0.1, 0.15) is 30.4 Å². The Morgan fingerprint density at radius 3 is 1.98 bits per heavy atom. The van der Waals surface area contributed by atoms with Gasteiger partial charge in [0.15, 0.2) is 12.4 Å². The van der Waals surface area contributed by atoms with Crippen LogP contribution in [0.4, 0.5) is 14.4 Å². The van der Waals surface area contributed by atoms with Gasteiger partial charge < -0.3 is 18.8 Å². The van der Waals surface area contributed by atoms with Crippen molar-refractivity contribution in [3.05, 3.63) is 132 Å². The van der Waals surface area contributed by atoms with Gasteiger partial charge >= 0.3 is 13.4 Å². The van der Waals surface area contributed by atoms with Crippen LogP contribution in [0.25, 0.3) is 28.0 Å². The van der Waals surface area contributed by atoms with E-state index in [0.717, 1.165) is 10.0 Å².